The van der Waals surface area contributed by atoms with Gasteiger partial charge in [0.1, 0.15) is 23.2 Å². The van der Waals surface area contributed by atoms with Gasteiger partial charge in [-0.2, -0.15) is 5.10 Å². The van der Waals surface area contributed by atoms with E-state index in [1.165, 1.54) is 24.3 Å². The molecule has 182 valence electrons. The van der Waals surface area contributed by atoms with Gasteiger partial charge in [0.25, 0.3) is 0 Å². The lowest BCUT2D eigenvalue weighted by Crippen LogP contribution is -2.49. The smallest absolute Gasteiger partial charge is 0.238 e. The molecule has 0 aliphatic carbocycles. The van der Waals surface area contributed by atoms with E-state index in [1.807, 2.05) is 41.2 Å². The highest BCUT2D eigenvalue weighted by Gasteiger charge is 2.31. The predicted molar refractivity (Wildman–Crippen MR) is 132 cm³/mol. The number of halogens is 1. The lowest BCUT2D eigenvalue weighted by atomic mass is 9.94. The molecule has 1 fully saturated rings. The second-order valence-electron chi connectivity index (χ2n) is 8.65. The number of rotatable bonds is 6. The first kappa shape index (κ1) is 23.2. The Morgan fingerprint density at radius 3 is 2.50 bits per heavy atom. The zero-order chi connectivity index (χ0) is 25.2. The standard InChI is InChI=1S/C26H24FN7O2/c1-16(35)33-14-21(15-33)34-13-18(11-30-34)22-12-29-25(28)24(32-22)23(17-5-3-2-4-6-17)26(36)31-20-9-7-19(27)8-10-20/h2-13,21,23H,14-15H2,1H3,(H2,28,29)(H,31,36)/t23-/m1/s1. The van der Waals surface area contributed by atoms with Crippen molar-refractivity contribution >= 4 is 23.3 Å². The molecule has 4 aromatic rings. The quantitative estimate of drug-likeness (QED) is 0.433. The van der Waals surface area contributed by atoms with E-state index in [0.29, 0.717) is 35.7 Å². The number of amides is 2. The summed E-state index contributed by atoms with van der Waals surface area (Å²) in [7, 11) is 0. The Hall–Kier alpha value is -4.60. The summed E-state index contributed by atoms with van der Waals surface area (Å²) in [6.45, 7) is 2.76. The molecular formula is C26H24FN7O2. The summed E-state index contributed by atoms with van der Waals surface area (Å²) in [5, 5.41) is 7.25. The van der Waals surface area contributed by atoms with Gasteiger partial charge in [0, 0.05) is 37.5 Å². The van der Waals surface area contributed by atoms with Gasteiger partial charge in [-0.3, -0.25) is 14.3 Å². The number of hydrogen-bond donors (Lipinski definition) is 2. The van der Waals surface area contributed by atoms with Crippen molar-refractivity contribution in [3.63, 3.8) is 0 Å². The fraction of sp³-hybridized carbons (Fsp3) is 0.192. The molecule has 10 heteroatoms. The number of nitrogens with two attached hydrogens (primary N) is 1. The van der Waals surface area contributed by atoms with Gasteiger partial charge in [0.15, 0.2) is 0 Å². The molecular weight excluding hydrogens is 461 g/mol. The average Bonchev–Trinajstić information content (AvgIpc) is 3.31. The van der Waals surface area contributed by atoms with E-state index in [0.717, 1.165) is 5.56 Å². The maximum absolute atomic E-state index is 13.4. The number of carbonyl (C=O) groups is 2. The minimum Gasteiger partial charge on any atom is -0.382 e. The molecule has 5 rings (SSSR count). The summed E-state index contributed by atoms with van der Waals surface area (Å²) >= 11 is 0. The molecule has 0 bridgehead atoms. The lowest BCUT2D eigenvalue weighted by Gasteiger charge is -2.38. The number of anilines is 2. The molecule has 2 aromatic heterocycles. The normalized spacial score (nSPS) is 14.2. The van der Waals surface area contributed by atoms with Gasteiger partial charge >= 0.3 is 0 Å². The van der Waals surface area contributed by atoms with Gasteiger partial charge in [-0.05, 0) is 29.8 Å². The Kier molecular flexibility index (Phi) is 6.16. The molecule has 1 atom stereocenters. The third kappa shape index (κ3) is 4.65. The van der Waals surface area contributed by atoms with Crippen molar-refractivity contribution in [3.8, 4) is 11.3 Å². The van der Waals surface area contributed by atoms with Crippen LogP contribution in [0, 0.1) is 5.82 Å². The third-order valence-corrected chi connectivity index (χ3v) is 6.19. The fourth-order valence-electron chi connectivity index (χ4n) is 4.14. The summed E-state index contributed by atoms with van der Waals surface area (Å²) in [4.78, 5) is 35.7. The van der Waals surface area contributed by atoms with Crippen LogP contribution in [0.2, 0.25) is 0 Å². The van der Waals surface area contributed by atoms with Crippen LogP contribution in [0.1, 0.15) is 30.1 Å². The maximum Gasteiger partial charge on any atom is 0.238 e. The molecule has 36 heavy (non-hydrogen) atoms. The van der Waals surface area contributed by atoms with Gasteiger partial charge in [-0.25, -0.2) is 14.4 Å². The van der Waals surface area contributed by atoms with E-state index in [9.17, 15) is 14.0 Å². The maximum atomic E-state index is 13.4. The molecule has 0 saturated carbocycles. The molecule has 1 aliphatic rings. The molecule has 2 amide bonds. The van der Waals surface area contributed by atoms with Crippen molar-refractivity contribution in [1.82, 2.24) is 24.6 Å². The van der Waals surface area contributed by atoms with E-state index in [-0.39, 0.29) is 23.7 Å². The molecule has 3 heterocycles. The Balaban J connectivity index is 1.46. The number of nitrogens with one attached hydrogen (secondary N) is 1. The number of benzene rings is 2. The number of carbonyl (C=O) groups excluding carboxylic acids is 2. The van der Waals surface area contributed by atoms with Crippen molar-refractivity contribution in [3.05, 3.63) is 90.3 Å². The van der Waals surface area contributed by atoms with Crippen molar-refractivity contribution in [2.24, 2.45) is 0 Å². The molecule has 0 spiro atoms. The van der Waals surface area contributed by atoms with Crippen molar-refractivity contribution in [2.75, 3.05) is 24.1 Å². The second kappa shape index (κ2) is 9.57. The number of nitrogens with zero attached hydrogens (tertiary/aromatic N) is 5. The number of hydrogen-bond acceptors (Lipinski definition) is 6. The van der Waals surface area contributed by atoms with Crippen LogP contribution in [0.5, 0.6) is 0 Å². The Morgan fingerprint density at radius 2 is 1.81 bits per heavy atom. The van der Waals surface area contributed by atoms with Crippen molar-refractivity contribution in [1.29, 1.82) is 0 Å². The van der Waals surface area contributed by atoms with Crippen LogP contribution in [0.25, 0.3) is 11.3 Å². The van der Waals surface area contributed by atoms with Gasteiger partial charge < -0.3 is 16.0 Å². The lowest BCUT2D eigenvalue weighted by molar-refractivity contribution is -0.134. The van der Waals surface area contributed by atoms with Crippen LogP contribution in [0.15, 0.2) is 73.2 Å². The van der Waals surface area contributed by atoms with E-state index in [2.05, 4.69) is 15.4 Å². The summed E-state index contributed by atoms with van der Waals surface area (Å²) < 4.78 is 15.1. The summed E-state index contributed by atoms with van der Waals surface area (Å²) in [5.41, 5.74) is 8.90. The Morgan fingerprint density at radius 1 is 1.08 bits per heavy atom. The molecule has 2 aromatic carbocycles. The van der Waals surface area contributed by atoms with E-state index in [4.69, 9.17) is 10.7 Å². The number of aromatic nitrogens is 4. The van der Waals surface area contributed by atoms with Gasteiger partial charge in [0.2, 0.25) is 11.8 Å². The largest absolute Gasteiger partial charge is 0.382 e. The second-order valence-corrected chi connectivity index (χ2v) is 8.65. The first-order valence-electron chi connectivity index (χ1n) is 11.4. The van der Waals surface area contributed by atoms with Crippen LogP contribution in [-0.4, -0.2) is 49.6 Å². The van der Waals surface area contributed by atoms with Crippen LogP contribution in [-0.2, 0) is 9.59 Å². The van der Waals surface area contributed by atoms with Crippen LogP contribution in [0.4, 0.5) is 15.9 Å². The molecule has 1 aliphatic heterocycles. The first-order valence-corrected chi connectivity index (χ1v) is 11.4. The summed E-state index contributed by atoms with van der Waals surface area (Å²) in [6.07, 6.45) is 5.07. The molecule has 3 N–H and O–H groups in total. The summed E-state index contributed by atoms with van der Waals surface area (Å²) in [5.74, 6) is -1.45. The topological polar surface area (TPSA) is 119 Å². The molecule has 9 nitrogen and oxygen atoms in total. The fourth-order valence-corrected chi connectivity index (χ4v) is 4.14. The highest BCUT2D eigenvalue weighted by Crippen LogP contribution is 2.31. The van der Waals surface area contributed by atoms with E-state index < -0.39 is 11.7 Å². The first-order chi connectivity index (χ1) is 17.4. The molecule has 0 unspecified atom stereocenters. The molecule has 1 saturated heterocycles. The highest BCUT2D eigenvalue weighted by molar-refractivity contribution is 5.98. The SMILES string of the molecule is CC(=O)N1CC(n2cc(-c3cnc(N)c([C@H](C(=O)Nc4ccc(F)cc4)c4ccccc4)n3)cn2)C1. The average molecular weight is 486 g/mol. The van der Waals surface area contributed by atoms with E-state index in [1.54, 1.807) is 24.2 Å². The molecule has 0 radical (unpaired) electrons. The van der Waals surface area contributed by atoms with Crippen molar-refractivity contribution in [2.45, 2.75) is 18.9 Å². The number of likely N-dealkylation sites (tertiary alicyclic amines) is 1. The monoisotopic (exact) mass is 485 g/mol. The zero-order valence-corrected chi connectivity index (χ0v) is 19.5. The zero-order valence-electron chi connectivity index (χ0n) is 19.5. The van der Waals surface area contributed by atoms with Crippen molar-refractivity contribution < 1.29 is 14.0 Å². The van der Waals surface area contributed by atoms with Crippen LogP contribution < -0.4 is 11.1 Å². The predicted octanol–water partition coefficient (Wildman–Crippen LogP) is 3.24. The Bertz CT molecular complexity index is 1400. The Labute approximate surface area is 206 Å². The van der Waals surface area contributed by atoms with Gasteiger partial charge in [0.05, 0.1) is 24.1 Å². The van der Waals surface area contributed by atoms with Gasteiger partial charge in [-0.15, -0.1) is 0 Å². The summed E-state index contributed by atoms with van der Waals surface area (Å²) in [6, 6.07) is 14.8. The minimum atomic E-state index is -0.852. The van der Waals surface area contributed by atoms with Crippen LogP contribution >= 0.6 is 0 Å². The number of nitrogen functional groups attached to an aromatic ring is 1. The van der Waals surface area contributed by atoms with Gasteiger partial charge in [-0.1, -0.05) is 30.3 Å². The van der Waals surface area contributed by atoms with Crippen LogP contribution in [0.3, 0.4) is 0 Å². The minimum absolute atomic E-state index is 0.0403. The highest BCUT2D eigenvalue weighted by atomic mass is 19.1. The third-order valence-electron chi connectivity index (χ3n) is 6.19. The van der Waals surface area contributed by atoms with E-state index >= 15 is 0 Å².